The predicted octanol–water partition coefficient (Wildman–Crippen LogP) is 4.85. The topological polar surface area (TPSA) is 9.23 Å². The third-order valence-corrected chi connectivity index (χ3v) is 5.29. The molecule has 3 fully saturated rings. The van der Waals surface area contributed by atoms with Gasteiger partial charge in [-0.3, -0.25) is 0 Å². The van der Waals surface area contributed by atoms with E-state index in [0.717, 1.165) is 24.4 Å². The van der Waals surface area contributed by atoms with Crippen LogP contribution < -0.4 is 0 Å². The van der Waals surface area contributed by atoms with Crippen molar-refractivity contribution in [2.75, 3.05) is 18.3 Å². The molecule has 100 valence electrons. The van der Waals surface area contributed by atoms with E-state index in [0.29, 0.717) is 0 Å². The van der Waals surface area contributed by atoms with Crippen LogP contribution in [-0.4, -0.2) is 18.3 Å². The smallest absolute Gasteiger partial charge is 0.0922 e. The zero-order valence-corrected chi connectivity index (χ0v) is 12.0. The van der Waals surface area contributed by atoms with E-state index in [1.54, 1.807) is 25.7 Å². The summed E-state index contributed by atoms with van der Waals surface area (Å²) in [5.41, 5.74) is 0. The van der Waals surface area contributed by atoms with Crippen molar-refractivity contribution < 1.29 is 4.74 Å². The van der Waals surface area contributed by atoms with Crippen LogP contribution in [0, 0.1) is 11.8 Å². The van der Waals surface area contributed by atoms with Gasteiger partial charge in [0.25, 0.3) is 0 Å². The average molecular weight is 256 g/mol. The van der Waals surface area contributed by atoms with Gasteiger partial charge in [-0.05, 0) is 11.8 Å². The summed E-state index contributed by atoms with van der Waals surface area (Å²) in [5, 5.41) is 0. The molecule has 3 aliphatic rings. The Morgan fingerprint density at radius 1 is 0.706 bits per heavy atom. The SMILES string of the molecule is C1CCC(C2CCCCC2)CC1.C1CSCO1. The highest BCUT2D eigenvalue weighted by Gasteiger charge is 2.24. The van der Waals surface area contributed by atoms with Crippen molar-refractivity contribution in [3.63, 3.8) is 0 Å². The maximum absolute atomic E-state index is 4.91. The van der Waals surface area contributed by atoms with Crippen LogP contribution in [0.15, 0.2) is 0 Å². The molecule has 17 heavy (non-hydrogen) atoms. The van der Waals surface area contributed by atoms with Crippen LogP contribution in [0.25, 0.3) is 0 Å². The van der Waals surface area contributed by atoms with Crippen LogP contribution in [0.1, 0.15) is 64.2 Å². The zero-order valence-electron chi connectivity index (χ0n) is 11.2. The maximum atomic E-state index is 4.91. The Morgan fingerprint density at radius 3 is 1.53 bits per heavy atom. The standard InChI is InChI=1S/C12H22.C3H6OS/c1-3-7-11(8-4-1)12-9-5-2-6-10-12;1-2-5-3-4-1/h11-12H,1-10H2;1-3H2. The second-order valence-corrected chi connectivity index (χ2v) is 6.78. The molecule has 0 radical (unpaired) electrons. The molecular weight excluding hydrogens is 228 g/mol. The lowest BCUT2D eigenvalue weighted by Gasteiger charge is -2.32. The quantitative estimate of drug-likeness (QED) is 0.663. The van der Waals surface area contributed by atoms with Gasteiger partial charge in [0.1, 0.15) is 0 Å². The summed E-state index contributed by atoms with van der Waals surface area (Å²) in [6, 6.07) is 0. The van der Waals surface area contributed by atoms with E-state index in [9.17, 15) is 0 Å². The lowest BCUT2D eigenvalue weighted by Crippen LogP contribution is -2.20. The Balaban J connectivity index is 0.000000181. The molecule has 0 aromatic heterocycles. The largest absolute Gasteiger partial charge is 0.370 e. The van der Waals surface area contributed by atoms with Gasteiger partial charge >= 0.3 is 0 Å². The predicted molar refractivity (Wildman–Crippen MR) is 76.4 cm³/mol. The molecular formula is C15H28OS. The normalized spacial score (nSPS) is 27.5. The monoisotopic (exact) mass is 256 g/mol. The van der Waals surface area contributed by atoms with Gasteiger partial charge in [-0.2, -0.15) is 0 Å². The Morgan fingerprint density at radius 2 is 1.24 bits per heavy atom. The van der Waals surface area contributed by atoms with Crippen LogP contribution in [-0.2, 0) is 4.74 Å². The van der Waals surface area contributed by atoms with Crippen molar-refractivity contribution >= 4 is 11.8 Å². The zero-order chi connectivity index (χ0) is 11.8. The van der Waals surface area contributed by atoms with Crippen LogP contribution in [0.3, 0.4) is 0 Å². The Hall–Kier alpha value is 0.310. The van der Waals surface area contributed by atoms with Crippen molar-refractivity contribution in [2.45, 2.75) is 64.2 Å². The number of hydrogen-bond donors (Lipinski definition) is 0. The number of hydrogen-bond acceptors (Lipinski definition) is 2. The number of thioether (sulfide) groups is 1. The fourth-order valence-electron chi connectivity index (χ4n) is 3.51. The highest BCUT2D eigenvalue weighted by atomic mass is 32.2. The summed E-state index contributed by atoms with van der Waals surface area (Å²) in [5.74, 6) is 4.39. The molecule has 0 unspecified atom stereocenters. The minimum Gasteiger partial charge on any atom is -0.370 e. The highest BCUT2D eigenvalue weighted by molar-refractivity contribution is 7.99. The van der Waals surface area contributed by atoms with Gasteiger partial charge in [-0.1, -0.05) is 64.2 Å². The highest BCUT2D eigenvalue weighted by Crippen LogP contribution is 2.37. The van der Waals surface area contributed by atoms with E-state index in [1.807, 2.05) is 11.8 Å². The molecule has 2 heteroatoms. The molecule has 0 amide bonds. The Bertz CT molecular complexity index is 156. The summed E-state index contributed by atoms with van der Waals surface area (Å²) in [6.07, 6.45) is 15.4. The van der Waals surface area contributed by atoms with E-state index >= 15 is 0 Å². The minimum absolute atomic E-state index is 0.917. The van der Waals surface area contributed by atoms with E-state index in [2.05, 4.69) is 0 Å². The molecule has 3 rings (SSSR count). The summed E-state index contributed by atoms with van der Waals surface area (Å²) < 4.78 is 4.91. The van der Waals surface area contributed by atoms with Gasteiger partial charge in [-0.15, -0.1) is 11.8 Å². The van der Waals surface area contributed by atoms with Gasteiger partial charge in [-0.25, -0.2) is 0 Å². The fraction of sp³-hybridized carbons (Fsp3) is 1.00. The van der Waals surface area contributed by atoms with Crippen molar-refractivity contribution in [3.8, 4) is 0 Å². The lowest BCUT2D eigenvalue weighted by atomic mass is 9.73. The van der Waals surface area contributed by atoms with E-state index < -0.39 is 0 Å². The third-order valence-electron chi connectivity index (χ3n) is 4.51. The van der Waals surface area contributed by atoms with Gasteiger partial charge in [0, 0.05) is 5.75 Å². The molecule has 0 atom stereocenters. The molecule has 1 aliphatic heterocycles. The Kier molecular flexibility index (Phi) is 6.80. The van der Waals surface area contributed by atoms with Gasteiger partial charge < -0.3 is 4.74 Å². The van der Waals surface area contributed by atoms with E-state index in [-0.39, 0.29) is 0 Å². The summed E-state index contributed by atoms with van der Waals surface area (Å²) in [7, 11) is 0. The van der Waals surface area contributed by atoms with Crippen LogP contribution in [0.4, 0.5) is 0 Å². The number of rotatable bonds is 1. The van der Waals surface area contributed by atoms with Crippen molar-refractivity contribution in [1.29, 1.82) is 0 Å². The molecule has 2 saturated carbocycles. The van der Waals surface area contributed by atoms with Crippen LogP contribution in [0.2, 0.25) is 0 Å². The third kappa shape index (κ3) is 5.21. The van der Waals surface area contributed by atoms with Gasteiger partial charge in [0.2, 0.25) is 0 Å². The Labute approximate surface area is 111 Å². The minimum atomic E-state index is 0.917. The van der Waals surface area contributed by atoms with Crippen molar-refractivity contribution in [3.05, 3.63) is 0 Å². The van der Waals surface area contributed by atoms with Crippen LogP contribution in [0.5, 0.6) is 0 Å². The molecule has 0 aromatic carbocycles. The molecule has 0 spiro atoms. The van der Waals surface area contributed by atoms with Crippen molar-refractivity contribution in [2.24, 2.45) is 11.8 Å². The fourth-order valence-corrected chi connectivity index (χ4v) is 4.10. The molecule has 1 nitrogen and oxygen atoms in total. The first-order valence-corrected chi connectivity index (χ1v) is 8.78. The molecule has 0 N–H and O–H groups in total. The van der Waals surface area contributed by atoms with Gasteiger partial charge in [0.15, 0.2) is 0 Å². The second-order valence-electron chi connectivity index (χ2n) is 5.73. The molecule has 0 aromatic rings. The molecule has 2 aliphatic carbocycles. The maximum Gasteiger partial charge on any atom is 0.0922 e. The van der Waals surface area contributed by atoms with E-state index in [4.69, 9.17) is 4.74 Å². The summed E-state index contributed by atoms with van der Waals surface area (Å²) in [6.45, 7) is 0.963. The van der Waals surface area contributed by atoms with E-state index in [1.165, 1.54) is 44.3 Å². The molecule has 1 heterocycles. The second kappa shape index (κ2) is 8.42. The van der Waals surface area contributed by atoms with Crippen LogP contribution >= 0.6 is 11.8 Å². The van der Waals surface area contributed by atoms with Crippen molar-refractivity contribution in [1.82, 2.24) is 0 Å². The molecule has 0 bridgehead atoms. The summed E-state index contributed by atoms with van der Waals surface area (Å²) >= 11 is 1.85. The summed E-state index contributed by atoms with van der Waals surface area (Å²) in [4.78, 5) is 0. The lowest BCUT2D eigenvalue weighted by molar-refractivity contribution is 0.196. The number of ether oxygens (including phenoxy) is 1. The molecule has 1 saturated heterocycles. The first-order chi connectivity index (χ1) is 8.47. The first-order valence-electron chi connectivity index (χ1n) is 7.62. The average Bonchev–Trinajstić information content (AvgIpc) is 3.00. The first kappa shape index (κ1) is 13.7. The van der Waals surface area contributed by atoms with Gasteiger partial charge in [0.05, 0.1) is 12.5 Å².